The van der Waals surface area contributed by atoms with Crippen molar-refractivity contribution < 1.29 is 27.5 Å². The van der Waals surface area contributed by atoms with Gasteiger partial charge < -0.3 is 21.1 Å². The number of H-pyrrole nitrogens is 1. The summed E-state index contributed by atoms with van der Waals surface area (Å²) in [5.41, 5.74) is 5.66. The van der Waals surface area contributed by atoms with E-state index in [1.807, 2.05) is 0 Å². The molecule has 0 unspecified atom stereocenters. The summed E-state index contributed by atoms with van der Waals surface area (Å²) in [6.07, 6.45) is -4.39. The third-order valence-electron chi connectivity index (χ3n) is 4.29. The number of nitrogens with one attached hydrogen (secondary N) is 2. The molecule has 0 radical (unpaired) electrons. The van der Waals surface area contributed by atoms with Crippen molar-refractivity contribution >= 4 is 17.2 Å². The number of halogens is 4. The van der Waals surface area contributed by atoms with E-state index in [-0.39, 0.29) is 30.1 Å². The Morgan fingerprint density at radius 1 is 1.30 bits per heavy atom. The molecule has 0 aliphatic carbocycles. The molecule has 30 heavy (non-hydrogen) atoms. The van der Waals surface area contributed by atoms with Gasteiger partial charge in [-0.25, -0.2) is 9.37 Å². The molecular formula is C19H18F4N4O2S. The number of carbonyl (C=O) groups excluding carboxylic acids is 1. The molecule has 0 bridgehead atoms. The first-order valence-electron chi connectivity index (χ1n) is 8.85. The molecule has 0 saturated carbocycles. The predicted octanol–water partition coefficient (Wildman–Crippen LogP) is 3.26. The highest BCUT2D eigenvalue weighted by Crippen LogP contribution is 2.33. The lowest BCUT2D eigenvalue weighted by atomic mass is 10.1. The van der Waals surface area contributed by atoms with Crippen LogP contribution in [-0.2, 0) is 12.6 Å². The van der Waals surface area contributed by atoms with Crippen LogP contribution >= 0.6 is 11.3 Å². The molecule has 11 heteroatoms. The zero-order chi connectivity index (χ0) is 21.9. The third kappa shape index (κ3) is 4.86. The summed E-state index contributed by atoms with van der Waals surface area (Å²) in [5.74, 6) is -1.89. The predicted molar refractivity (Wildman–Crippen MR) is 103 cm³/mol. The molecule has 5 N–H and O–H groups in total. The molecular weight excluding hydrogens is 424 g/mol. The van der Waals surface area contributed by atoms with Crippen LogP contribution in [0.25, 0.3) is 11.3 Å². The summed E-state index contributed by atoms with van der Waals surface area (Å²) in [6.45, 7) is 0.0497. The molecule has 1 aromatic carbocycles. The Kier molecular flexibility index (Phi) is 6.54. The molecule has 1 amide bonds. The highest BCUT2D eigenvalue weighted by Gasteiger charge is 2.34. The van der Waals surface area contributed by atoms with Crippen LogP contribution in [0.1, 0.15) is 32.8 Å². The summed E-state index contributed by atoms with van der Waals surface area (Å²) >= 11 is 1.31. The number of nitrogens with two attached hydrogens (primary N) is 1. The summed E-state index contributed by atoms with van der Waals surface area (Å²) in [6, 6.07) is 4.90. The molecule has 0 spiro atoms. The van der Waals surface area contributed by atoms with Crippen LogP contribution < -0.4 is 11.1 Å². The van der Waals surface area contributed by atoms with Crippen LogP contribution in [-0.4, -0.2) is 34.1 Å². The Balaban J connectivity index is 1.75. The Labute approximate surface area is 172 Å². The maximum atomic E-state index is 13.8. The molecule has 3 aromatic rings. The number of benzene rings is 1. The Bertz CT molecular complexity index is 1030. The first-order chi connectivity index (χ1) is 14.2. The van der Waals surface area contributed by atoms with Crippen LogP contribution in [0, 0.1) is 5.82 Å². The van der Waals surface area contributed by atoms with Crippen molar-refractivity contribution in [3.63, 3.8) is 0 Å². The summed E-state index contributed by atoms with van der Waals surface area (Å²) in [4.78, 5) is 19.6. The molecule has 0 fully saturated rings. The maximum Gasteiger partial charge on any atom is 0.419 e. The number of carbonyl (C=O) groups is 1. The van der Waals surface area contributed by atoms with Gasteiger partial charge in [-0.05, 0) is 24.3 Å². The fourth-order valence-corrected chi connectivity index (χ4v) is 3.69. The van der Waals surface area contributed by atoms with E-state index in [1.165, 1.54) is 23.5 Å². The zero-order valence-corrected chi connectivity index (χ0v) is 16.3. The van der Waals surface area contributed by atoms with E-state index in [9.17, 15) is 22.4 Å². The van der Waals surface area contributed by atoms with E-state index >= 15 is 0 Å². The number of thiazole rings is 1. The number of rotatable bonds is 7. The maximum absolute atomic E-state index is 13.8. The van der Waals surface area contributed by atoms with E-state index < -0.39 is 29.5 Å². The minimum Gasteiger partial charge on any atom is -0.396 e. The van der Waals surface area contributed by atoms with Gasteiger partial charge in [0.05, 0.1) is 17.3 Å². The largest absolute Gasteiger partial charge is 0.419 e. The number of alkyl halides is 3. The number of nitrogens with zero attached hydrogens (tertiary/aromatic N) is 1. The molecule has 3 rings (SSSR count). The minimum atomic E-state index is -4.78. The average molecular weight is 442 g/mol. The lowest BCUT2D eigenvalue weighted by Crippen LogP contribution is -2.33. The van der Waals surface area contributed by atoms with Gasteiger partial charge >= 0.3 is 6.18 Å². The normalized spacial score (nSPS) is 12.7. The van der Waals surface area contributed by atoms with Crippen molar-refractivity contribution in [2.45, 2.75) is 18.6 Å². The van der Waals surface area contributed by atoms with Gasteiger partial charge in [-0.15, -0.1) is 11.3 Å². The third-order valence-corrected chi connectivity index (χ3v) is 5.30. The molecule has 0 aliphatic heterocycles. The van der Waals surface area contributed by atoms with Crippen molar-refractivity contribution in [2.75, 3.05) is 13.2 Å². The first kappa shape index (κ1) is 21.9. The van der Waals surface area contributed by atoms with Crippen molar-refractivity contribution in [2.24, 2.45) is 5.73 Å². The number of aliphatic hydroxyl groups excluding tert-OH is 1. The van der Waals surface area contributed by atoms with E-state index in [4.69, 9.17) is 10.8 Å². The molecule has 2 aromatic heterocycles. The molecule has 0 aliphatic rings. The Morgan fingerprint density at radius 3 is 2.70 bits per heavy atom. The van der Waals surface area contributed by atoms with Gasteiger partial charge in [-0.1, -0.05) is 6.07 Å². The second-order valence-corrected chi connectivity index (χ2v) is 7.28. The van der Waals surface area contributed by atoms with Crippen molar-refractivity contribution in [1.82, 2.24) is 15.3 Å². The van der Waals surface area contributed by atoms with E-state index in [0.717, 1.165) is 12.1 Å². The van der Waals surface area contributed by atoms with E-state index in [0.29, 0.717) is 23.2 Å². The monoisotopic (exact) mass is 442 g/mol. The molecule has 6 nitrogen and oxygen atoms in total. The number of hydrogen-bond acceptors (Lipinski definition) is 5. The molecule has 1 atom stereocenters. The number of aromatic nitrogens is 2. The van der Waals surface area contributed by atoms with Crippen LogP contribution in [0.2, 0.25) is 0 Å². The van der Waals surface area contributed by atoms with Gasteiger partial charge in [0.15, 0.2) is 0 Å². The quantitative estimate of drug-likeness (QED) is 0.422. The first-order valence-corrected chi connectivity index (χ1v) is 9.73. The lowest BCUT2D eigenvalue weighted by Gasteiger charge is -2.13. The standard InChI is InChI=1S/C19H18F4N4O2S/c20-13-7-10(1-2-12(13)19(21,22)23)14-3-4-15(26-14)17(29)27-16(8-24)18-25-11(5-6-28)9-30-18/h1-4,7,9,16,26,28H,5-6,8,24H2,(H,27,29)/t16-/m1/s1. The van der Waals surface area contributed by atoms with Gasteiger partial charge in [0.25, 0.3) is 5.91 Å². The Hall–Kier alpha value is -2.76. The fraction of sp³-hybridized carbons (Fsp3) is 0.263. The fourth-order valence-electron chi connectivity index (χ4n) is 2.78. The van der Waals surface area contributed by atoms with Crippen molar-refractivity contribution in [3.05, 3.63) is 63.5 Å². The van der Waals surface area contributed by atoms with Crippen LogP contribution in [0.5, 0.6) is 0 Å². The summed E-state index contributed by atoms with van der Waals surface area (Å²) in [5, 5.41) is 14.1. The van der Waals surface area contributed by atoms with Gasteiger partial charge in [0, 0.05) is 36.2 Å². The zero-order valence-electron chi connectivity index (χ0n) is 15.5. The lowest BCUT2D eigenvalue weighted by molar-refractivity contribution is -0.139. The smallest absolute Gasteiger partial charge is 0.396 e. The highest BCUT2D eigenvalue weighted by molar-refractivity contribution is 7.09. The van der Waals surface area contributed by atoms with Gasteiger partial charge in [0.1, 0.15) is 16.5 Å². The van der Waals surface area contributed by atoms with Crippen LogP contribution in [0.4, 0.5) is 17.6 Å². The van der Waals surface area contributed by atoms with E-state index in [2.05, 4.69) is 15.3 Å². The van der Waals surface area contributed by atoms with Crippen LogP contribution in [0.3, 0.4) is 0 Å². The molecule has 2 heterocycles. The van der Waals surface area contributed by atoms with E-state index in [1.54, 1.807) is 5.38 Å². The SMILES string of the molecule is NC[C@@H](NC(=O)c1ccc(-c2ccc(C(F)(F)F)c(F)c2)[nH]1)c1nc(CCO)cs1. The number of aliphatic hydroxyl groups is 1. The van der Waals surface area contributed by atoms with Crippen molar-refractivity contribution in [3.8, 4) is 11.3 Å². The second-order valence-electron chi connectivity index (χ2n) is 6.39. The molecule has 160 valence electrons. The number of hydrogen-bond donors (Lipinski definition) is 4. The highest BCUT2D eigenvalue weighted by atomic mass is 32.1. The minimum absolute atomic E-state index is 0.0430. The molecule has 0 saturated heterocycles. The van der Waals surface area contributed by atoms with Gasteiger partial charge in [-0.2, -0.15) is 13.2 Å². The van der Waals surface area contributed by atoms with Crippen LogP contribution in [0.15, 0.2) is 35.7 Å². The second kappa shape index (κ2) is 8.94. The topological polar surface area (TPSA) is 104 Å². The van der Waals surface area contributed by atoms with Crippen molar-refractivity contribution in [1.29, 1.82) is 0 Å². The number of amides is 1. The Morgan fingerprint density at radius 2 is 2.07 bits per heavy atom. The van der Waals surface area contributed by atoms with Gasteiger partial charge in [0.2, 0.25) is 0 Å². The summed E-state index contributed by atoms with van der Waals surface area (Å²) < 4.78 is 51.9. The number of aromatic amines is 1. The average Bonchev–Trinajstić information content (AvgIpc) is 3.35. The van der Waals surface area contributed by atoms with Gasteiger partial charge in [-0.3, -0.25) is 4.79 Å². The summed E-state index contributed by atoms with van der Waals surface area (Å²) in [7, 11) is 0.